The number of carbonyl (C=O) groups excluding carboxylic acids is 1. The summed E-state index contributed by atoms with van der Waals surface area (Å²) in [5.74, 6) is 0.678. The summed E-state index contributed by atoms with van der Waals surface area (Å²) in [5.41, 5.74) is 1.28. The van der Waals surface area contributed by atoms with Crippen LogP contribution in [0.2, 0.25) is 0 Å². The molecule has 0 N–H and O–H groups in total. The van der Waals surface area contributed by atoms with E-state index >= 15 is 0 Å². The van der Waals surface area contributed by atoms with E-state index in [-0.39, 0.29) is 11.8 Å². The highest BCUT2D eigenvalue weighted by molar-refractivity contribution is 6.27. The molecule has 86 valence electrons. The molecule has 0 radical (unpaired) electrons. The second-order valence-electron chi connectivity index (χ2n) is 4.08. The number of halogens is 1. The largest absolute Gasteiger partial charge is 0.342 e. The van der Waals surface area contributed by atoms with Crippen molar-refractivity contribution in [2.24, 2.45) is 0 Å². The van der Waals surface area contributed by atoms with Crippen molar-refractivity contribution in [3.63, 3.8) is 0 Å². The van der Waals surface area contributed by atoms with Crippen LogP contribution in [0.5, 0.6) is 0 Å². The maximum Gasteiger partial charge on any atom is 0.237 e. The normalized spacial score (nSPS) is 17.4. The molecule has 16 heavy (non-hydrogen) atoms. The van der Waals surface area contributed by atoms with E-state index in [0.717, 1.165) is 25.9 Å². The van der Waals surface area contributed by atoms with E-state index in [9.17, 15) is 4.79 Å². The predicted octanol–water partition coefficient (Wildman–Crippen LogP) is 2.03. The number of hydrogen-bond donors (Lipinski definition) is 0. The summed E-state index contributed by atoms with van der Waals surface area (Å²) in [6, 6.07) is 4.07. The highest BCUT2D eigenvalue weighted by atomic mass is 35.5. The van der Waals surface area contributed by atoms with Crippen molar-refractivity contribution in [2.45, 2.75) is 18.8 Å². The fourth-order valence-electron chi connectivity index (χ4n) is 2.16. The number of pyridine rings is 1. The van der Waals surface area contributed by atoms with Gasteiger partial charge in [-0.2, -0.15) is 0 Å². The fraction of sp³-hybridized carbons (Fsp3) is 0.500. The Morgan fingerprint density at radius 1 is 1.50 bits per heavy atom. The molecule has 1 amide bonds. The first-order valence-electron chi connectivity index (χ1n) is 5.55. The van der Waals surface area contributed by atoms with E-state index in [1.165, 1.54) is 5.56 Å². The van der Waals surface area contributed by atoms with E-state index in [2.05, 4.69) is 11.1 Å². The van der Waals surface area contributed by atoms with Crippen LogP contribution in [0, 0.1) is 0 Å². The first-order valence-corrected chi connectivity index (χ1v) is 6.08. The minimum atomic E-state index is 0.0475. The molecule has 0 aromatic carbocycles. The van der Waals surface area contributed by atoms with Crippen LogP contribution in [0.4, 0.5) is 0 Å². The van der Waals surface area contributed by atoms with Gasteiger partial charge < -0.3 is 4.90 Å². The summed E-state index contributed by atoms with van der Waals surface area (Å²) in [6.45, 7) is 1.62. The first kappa shape index (κ1) is 11.4. The molecular weight excluding hydrogens is 224 g/mol. The predicted molar refractivity (Wildman–Crippen MR) is 63.5 cm³/mol. The Morgan fingerprint density at radius 2 is 2.25 bits per heavy atom. The zero-order chi connectivity index (χ0) is 11.4. The number of hydrogen-bond acceptors (Lipinski definition) is 2. The Kier molecular flexibility index (Phi) is 3.78. The van der Waals surface area contributed by atoms with Gasteiger partial charge in [0.1, 0.15) is 5.88 Å². The molecule has 1 aliphatic heterocycles. The topological polar surface area (TPSA) is 33.2 Å². The molecule has 1 aliphatic rings. The SMILES string of the molecule is O=C(CCl)N1CCC(c2cccnc2)CC1. The average molecular weight is 239 g/mol. The third-order valence-electron chi connectivity index (χ3n) is 3.12. The van der Waals surface area contributed by atoms with Gasteiger partial charge in [-0.3, -0.25) is 9.78 Å². The van der Waals surface area contributed by atoms with Crippen LogP contribution >= 0.6 is 11.6 Å². The van der Waals surface area contributed by atoms with Crippen molar-refractivity contribution in [1.82, 2.24) is 9.88 Å². The van der Waals surface area contributed by atoms with Crippen molar-refractivity contribution < 1.29 is 4.79 Å². The van der Waals surface area contributed by atoms with Gasteiger partial charge in [0.15, 0.2) is 0 Å². The summed E-state index contributed by atoms with van der Waals surface area (Å²) >= 11 is 5.54. The highest BCUT2D eigenvalue weighted by Crippen LogP contribution is 2.27. The molecule has 0 unspecified atom stereocenters. The molecule has 2 rings (SSSR count). The van der Waals surface area contributed by atoms with Gasteiger partial charge in [0.2, 0.25) is 5.91 Å². The second-order valence-corrected chi connectivity index (χ2v) is 4.34. The molecule has 1 aromatic heterocycles. The van der Waals surface area contributed by atoms with Crippen LogP contribution < -0.4 is 0 Å². The molecule has 0 atom stereocenters. The number of rotatable bonds is 2. The number of alkyl halides is 1. The van der Waals surface area contributed by atoms with Crippen molar-refractivity contribution in [1.29, 1.82) is 0 Å². The third-order valence-corrected chi connectivity index (χ3v) is 3.35. The standard InChI is InChI=1S/C12H15ClN2O/c13-8-12(16)15-6-3-10(4-7-15)11-2-1-5-14-9-11/h1-2,5,9-10H,3-4,6-8H2. The van der Waals surface area contributed by atoms with Gasteiger partial charge >= 0.3 is 0 Å². The minimum absolute atomic E-state index is 0.0475. The molecule has 1 saturated heterocycles. The lowest BCUT2D eigenvalue weighted by Crippen LogP contribution is -2.38. The summed E-state index contributed by atoms with van der Waals surface area (Å²) in [7, 11) is 0. The number of amides is 1. The molecule has 1 aromatic rings. The summed E-state index contributed by atoms with van der Waals surface area (Å²) < 4.78 is 0. The van der Waals surface area contributed by atoms with Gasteiger partial charge in [0, 0.05) is 25.5 Å². The van der Waals surface area contributed by atoms with Crippen LogP contribution in [-0.2, 0) is 4.79 Å². The molecule has 4 heteroatoms. The van der Waals surface area contributed by atoms with E-state index < -0.39 is 0 Å². The Bertz CT molecular complexity index is 347. The zero-order valence-corrected chi connectivity index (χ0v) is 9.86. The average Bonchev–Trinajstić information content (AvgIpc) is 2.39. The van der Waals surface area contributed by atoms with E-state index in [0.29, 0.717) is 5.92 Å². The van der Waals surface area contributed by atoms with Crippen molar-refractivity contribution >= 4 is 17.5 Å². The van der Waals surface area contributed by atoms with E-state index in [4.69, 9.17) is 11.6 Å². The Balaban J connectivity index is 1.93. The maximum atomic E-state index is 11.4. The number of nitrogens with zero attached hydrogens (tertiary/aromatic N) is 2. The van der Waals surface area contributed by atoms with E-state index in [1.807, 2.05) is 17.2 Å². The number of piperidine rings is 1. The molecule has 0 bridgehead atoms. The zero-order valence-electron chi connectivity index (χ0n) is 9.10. The van der Waals surface area contributed by atoms with E-state index in [1.54, 1.807) is 6.20 Å². The summed E-state index contributed by atoms with van der Waals surface area (Å²) in [6.07, 6.45) is 5.72. The molecule has 2 heterocycles. The lowest BCUT2D eigenvalue weighted by molar-refractivity contribution is -0.129. The molecule has 3 nitrogen and oxygen atoms in total. The maximum absolute atomic E-state index is 11.4. The van der Waals surface area contributed by atoms with Gasteiger partial charge in [0.05, 0.1) is 0 Å². The van der Waals surface area contributed by atoms with Gasteiger partial charge in [-0.15, -0.1) is 11.6 Å². The fourth-order valence-corrected chi connectivity index (χ4v) is 2.33. The quantitative estimate of drug-likeness (QED) is 0.739. The van der Waals surface area contributed by atoms with Crippen molar-refractivity contribution in [3.05, 3.63) is 30.1 Å². The Labute approximate surface area is 100 Å². The molecule has 0 saturated carbocycles. The van der Waals surface area contributed by atoms with Crippen LogP contribution in [0.25, 0.3) is 0 Å². The van der Waals surface area contributed by atoms with Crippen LogP contribution in [0.15, 0.2) is 24.5 Å². The van der Waals surface area contributed by atoms with Crippen LogP contribution in [0.3, 0.4) is 0 Å². The molecule has 0 spiro atoms. The Hall–Kier alpha value is -1.09. The number of carbonyl (C=O) groups is 1. The number of aromatic nitrogens is 1. The third kappa shape index (κ3) is 2.53. The lowest BCUT2D eigenvalue weighted by Gasteiger charge is -2.31. The smallest absolute Gasteiger partial charge is 0.237 e. The van der Waals surface area contributed by atoms with Gasteiger partial charge in [-0.1, -0.05) is 6.07 Å². The highest BCUT2D eigenvalue weighted by Gasteiger charge is 2.23. The summed E-state index contributed by atoms with van der Waals surface area (Å²) in [4.78, 5) is 17.4. The second kappa shape index (κ2) is 5.30. The molecule has 1 fully saturated rings. The molecule has 0 aliphatic carbocycles. The van der Waals surface area contributed by atoms with Gasteiger partial charge in [0.25, 0.3) is 0 Å². The Morgan fingerprint density at radius 3 is 2.81 bits per heavy atom. The van der Waals surface area contributed by atoms with Crippen LogP contribution in [-0.4, -0.2) is 34.8 Å². The number of likely N-dealkylation sites (tertiary alicyclic amines) is 1. The summed E-state index contributed by atoms with van der Waals surface area (Å²) in [5, 5.41) is 0. The minimum Gasteiger partial charge on any atom is -0.342 e. The van der Waals surface area contributed by atoms with Crippen LogP contribution in [0.1, 0.15) is 24.3 Å². The van der Waals surface area contributed by atoms with Crippen molar-refractivity contribution in [3.8, 4) is 0 Å². The monoisotopic (exact) mass is 238 g/mol. The lowest BCUT2D eigenvalue weighted by atomic mass is 9.90. The van der Waals surface area contributed by atoms with Crippen molar-refractivity contribution in [2.75, 3.05) is 19.0 Å². The van der Waals surface area contributed by atoms with Gasteiger partial charge in [-0.25, -0.2) is 0 Å². The van der Waals surface area contributed by atoms with Gasteiger partial charge in [-0.05, 0) is 30.4 Å². The molecular formula is C12H15ClN2O. The first-order chi connectivity index (χ1) is 7.81.